The number of amides is 2. The molecule has 2 N–H and O–H groups in total. The van der Waals surface area contributed by atoms with Crippen molar-refractivity contribution in [2.75, 3.05) is 13.7 Å². The van der Waals surface area contributed by atoms with Crippen LogP contribution in [0.25, 0.3) is 0 Å². The summed E-state index contributed by atoms with van der Waals surface area (Å²) >= 11 is 0. The minimum Gasteiger partial charge on any atom is -0.480 e. The number of rotatable bonds is 4. The van der Waals surface area contributed by atoms with E-state index in [9.17, 15) is 9.59 Å². The number of pyridine rings is 1. The van der Waals surface area contributed by atoms with Gasteiger partial charge in [-0.3, -0.25) is 14.9 Å². The molecule has 4 heterocycles. The highest BCUT2D eigenvalue weighted by molar-refractivity contribution is 5.97. The fourth-order valence-corrected chi connectivity index (χ4v) is 3.83. The van der Waals surface area contributed by atoms with Gasteiger partial charge in [0.1, 0.15) is 18.1 Å². The lowest BCUT2D eigenvalue weighted by Crippen LogP contribution is -2.70. The summed E-state index contributed by atoms with van der Waals surface area (Å²) in [5, 5.41) is 6.52. The number of carbonyl (C=O) groups excluding carboxylic acids is 2. The molecule has 2 aliphatic heterocycles. The molecule has 0 saturated carbocycles. The van der Waals surface area contributed by atoms with Gasteiger partial charge in [0.2, 0.25) is 11.8 Å². The van der Waals surface area contributed by atoms with Crippen LogP contribution >= 0.6 is 0 Å². The Hall–Kier alpha value is -3.33. The highest BCUT2D eigenvalue weighted by atomic mass is 16.5. The summed E-state index contributed by atoms with van der Waals surface area (Å²) in [7, 11) is 1.47. The van der Waals surface area contributed by atoms with Crippen molar-refractivity contribution in [2.45, 2.75) is 31.1 Å². The Kier molecular flexibility index (Phi) is 4.98. The van der Waals surface area contributed by atoms with Crippen molar-refractivity contribution in [1.29, 1.82) is 0 Å². The van der Waals surface area contributed by atoms with Crippen LogP contribution in [0.5, 0.6) is 5.88 Å². The van der Waals surface area contributed by atoms with Crippen molar-refractivity contribution in [3.05, 3.63) is 60.3 Å². The average molecular weight is 394 g/mol. The van der Waals surface area contributed by atoms with E-state index in [0.29, 0.717) is 18.5 Å². The van der Waals surface area contributed by atoms with Crippen LogP contribution in [0.3, 0.4) is 0 Å². The van der Waals surface area contributed by atoms with Gasteiger partial charge in [-0.2, -0.15) is 0 Å². The third kappa shape index (κ3) is 3.56. The maximum atomic E-state index is 13.0. The number of fused-ring (bicyclic) bond motifs is 1. The van der Waals surface area contributed by atoms with Crippen LogP contribution < -0.4 is 15.4 Å². The summed E-state index contributed by atoms with van der Waals surface area (Å²) in [4.78, 5) is 39.8. The monoisotopic (exact) mass is 394 g/mol. The Morgan fingerprint density at radius 2 is 2.21 bits per heavy atom. The lowest BCUT2D eigenvalue weighted by atomic mass is 9.88. The number of carbonyl (C=O) groups is 2. The molecule has 0 spiro atoms. The zero-order valence-electron chi connectivity index (χ0n) is 16.2. The number of hydrogen-bond donors (Lipinski definition) is 2. The third-order valence-corrected chi connectivity index (χ3v) is 5.26. The topological polar surface area (TPSA) is 109 Å². The predicted octanol–water partition coefficient (Wildman–Crippen LogP) is 0.828. The van der Waals surface area contributed by atoms with Crippen molar-refractivity contribution in [3.63, 3.8) is 0 Å². The van der Waals surface area contributed by atoms with Gasteiger partial charge in [0, 0.05) is 25.4 Å². The molecule has 2 aromatic heterocycles. The quantitative estimate of drug-likeness (QED) is 0.739. The first-order valence-corrected chi connectivity index (χ1v) is 9.32. The van der Waals surface area contributed by atoms with Crippen molar-refractivity contribution < 1.29 is 14.3 Å². The molecule has 4 rings (SSSR count). The molecular weight excluding hydrogens is 372 g/mol. The summed E-state index contributed by atoms with van der Waals surface area (Å²) in [6.07, 6.45) is 8.34. The van der Waals surface area contributed by atoms with Gasteiger partial charge in [-0.25, -0.2) is 15.0 Å². The van der Waals surface area contributed by atoms with Crippen molar-refractivity contribution in [1.82, 2.24) is 30.5 Å². The molecule has 1 fully saturated rings. The van der Waals surface area contributed by atoms with E-state index in [1.165, 1.54) is 13.4 Å². The molecule has 2 aromatic rings. The summed E-state index contributed by atoms with van der Waals surface area (Å²) < 4.78 is 5.20. The van der Waals surface area contributed by atoms with Crippen LogP contribution in [0.15, 0.2) is 49.1 Å². The maximum Gasteiger partial charge on any atom is 0.257 e. The number of aromatic nitrogens is 3. The molecule has 0 bridgehead atoms. The molecule has 0 aromatic carbocycles. The Morgan fingerprint density at radius 1 is 1.34 bits per heavy atom. The van der Waals surface area contributed by atoms with Crippen LogP contribution in [0.2, 0.25) is 0 Å². The fourth-order valence-electron chi connectivity index (χ4n) is 3.83. The highest BCUT2D eigenvalue weighted by Gasteiger charge is 2.46. The van der Waals surface area contributed by atoms with Crippen LogP contribution in [0.4, 0.5) is 0 Å². The van der Waals surface area contributed by atoms with E-state index >= 15 is 0 Å². The van der Waals surface area contributed by atoms with E-state index in [-0.39, 0.29) is 23.7 Å². The standard InChI is InChI=1S/C20H22N6O3/c1-20(25-17(28)13-5-3-8-22-18(13)29-2)7-4-10-26-16(27)11-15(24-19(20)26)14-6-9-21-12-23-14/h3-9,12,15,19,24H,10-11H2,1-2H3,(H,25,28). The average Bonchev–Trinajstić information content (AvgIpc) is 2.75. The van der Waals surface area contributed by atoms with E-state index < -0.39 is 11.7 Å². The molecule has 9 nitrogen and oxygen atoms in total. The highest BCUT2D eigenvalue weighted by Crippen LogP contribution is 2.31. The zero-order valence-corrected chi connectivity index (χ0v) is 16.2. The SMILES string of the molecule is COc1ncccc1C(=O)NC1(C)C=CCN2C(=O)CC(c3ccncn3)NC21. The van der Waals surface area contributed by atoms with E-state index in [2.05, 4.69) is 25.6 Å². The molecule has 29 heavy (non-hydrogen) atoms. The molecular formula is C20H22N6O3. The van der Waals surface area contributed by atoms with Crippen LogP contribution in [-0.4, -0.2) is 57.0 Å². The van der Waals surface area contributed by atoms with Gasteiger partial charge in [-0.05, 0) is 25.1 Å². The van der Waals surface area contributed by atoms with E-state index in [1.54, 1.807) is 35.5 Å². The van der Waals surface area contributed by atoms with E-state index in [4.69, 9.17) is 4.74 Å². The Balaban J connectivity index is 1.62. The molecule has 3 unspecified atom stereocenters. The second-order valence-electron chi connectivity index (χ2n) is 7.21. The third-order valence-electron chi connectivity index (χ3n) is 5.26. The minimum atomic E-state index is -0.836. The van der Waals surface area contributed by atoms with Crippen LogP contribution in [-0.2, 0) is 4.79 Å². The van der Waals surface area contributed by atoms with E-state index in [1.807, 2.05) is 19.1 Å². The van der Waals surface area contributed by atoms with Crippen LogP contribution in [0, 0.1) is 0 Å². The summed E-state index contributed by atoms with van der Waals surface area (Å²) in [5.41, 5.74) is 0.235. The lowest BCUT2D eigenvalue weighted by Gasteiger charge is -2.50. The minimum absolute atomic E-state index is 0.00106. The number of nitrogens with one attached hydrogen (secondary N) is 2. The van der Waals surface area contributed by atoms with Crippen LogP contribution in [0.1, 0.15) is 35.4 Å². The molecule has 150 valence electrons. The van der Waals surface area contributed by atoms with Crippen molar-refractivity contribution >= 4 is 11.8 Å². The molecule has 1 saturated heterocycles. The zero-order chi connectivity index (χ0) is 20.4. The van der Waals surface area contributed by atoms with Gasteiger partial charge in [0.05, 0.1) is 24.4 Å². The Bertz CT molecular complexity index is 950. The first-order chi connectivity index (χ1) is 14.0. The molecule has 9 heteroatoms. The van der Waals surface area contributed by atoms with Gasteiger partial charge in [-0.15, -0.1) is 0 Å². The van der Waals surface area contributed by atoms with Gasteiger partial charge in [-0.1, -0.05) is 12.2 Å². The summed E-state index contributed by atoms with van der Waals surface area (Å²) in [6.45, 7) is 2.36. The second kappa shape index (κ2) is 7.59. The number of ether oxygens (including phenoxy) is 1. The number of hydrogen-bond acceptors (Lipinski definition) is 7. The normalized spacial score (nSPS) is 26.0. The first kappa shape index (κ1) is 19.0. The molecule has 0 aliphatic carbocycles. The maximum absolute atomic E-state index is 13.0. The van der Waals surface area contributed by atoms with E-state index in [0.717, 1.165) is 5.69 Å². The van der Waals surface area contributed by atoms with Crippen molar-refractivity contribution in [3.8, 4) is 5.88 Å². The van der Waals surface area contributed by atoms with Gasteiger partial charge < -0.3 is 15.0 Å². The summed E-state index contributed by atoms with van der Waals surface area (Å²) in [5.74, 6) is -0.0831. The molecule has 3 atom stereocenters. The number of nitrogens with zero attached hydrogens (tertiary/aromatic N) is 4. The lowest BCUT2D eigenvalue weighted by molar-refractivity contribution is -0.140. The van der Waals surface area contributed by atoms with Gasteiger partial charge >= 0.3 is 0 Å². The smallest absolute Gasteiger partial charge is 0.257 e. The van der Waals surface area contributed by atoms with Gasteiger partial charge in [0.15, 0.2) is 0 Å². The second-order valence-corrected chi connectivity index (χ2v) is 7.21. The first-order valence-electron chi connectivity index (χ1n) is 9.32. The van der Waals surface area contributed by atoms with Gasteiger partial charge in [0.25, 0.3) is 5.91 Å². The predicted molar refractivity (Wildman–Crippen MR) is 104 cm³/mol. The molecule has 2 aliphatic rings. The summed E-state index contributed by atoms with van der Waals surface area (Å²) in [6, 6.07) is 4.85. The Morgan fingerprint density at radius 3 is 2.97 bits per heavy atom. The fraction of sp³-hybridized carbons (Fsp3) is 0.350. The largest absolute Gasteiger partial charge is 0.480 e. The Labute approximate surface area is 168 Å². The molecule has 2 amide bonds. The van der Waals surface area contributed by atoms with Crippen molar-refractivity contribution in [2.24, 2.45) is 0 Å². The molecule has 0 radical (unpaired) electrons. The number of methoxy groups -OCH3 is 1.